The molecule has 1 atom stereocenters. The highest BCUT2D eigenvalue weighted by Crippen LogP contribution is 2.26. The first-order valence-corrected chi connectivity index (χ1v) is 9.27. The van der Waals surface area contributed by atoms with E-state index in [1.54, 1.807) is 11.8 Å². The van der Waals surface area contributed by atoms with Gasteiger partial charge in [-0.3, -0.25) is 14.5 Å². The van der Waals surface area contributed by atoms with E-state index in [0.29, 0.717) is 38.5 Å². The molecule has 1 aromatic carbocycles. The van der Waals surface area contributed by atoms with Crippen LogP contribution in [0.5, 0.6) is 0 Å². The van der Waals surface area contributed by atoms with Crippen molar-refractivity contribution in [2.45, 2.75) is 32.7 Å². The predicted molar refractivity (Wildman–Crippen MR) is 96.0 cm³/mol. The average Bonchev–Trinajstić information content (AvgIpc) is 2.96. The Morgan fingerprint density at radius 1 is 1.19 bits per heavy atom. The highest BCUT2D eigenvalue weighted by atomic mass is 16.6. The fourth-order valence-corrected chi connectivity index (χ4v) is 3.77. The van der Waals surface area contributed by atoms with E-state index in [1.807, 2.05) is 31.2 Å². The number of imide groups is 1. The van der Waals surface area contributed by atoms with Crippen LogP contribution in [0.3, 0.4) is 0 Å². The second-order valence-corrected chi connectivity index (χ2v) is 6.65. The van der Waals surface area contributed by atoms with Crippen LogP contribution in [0.15, 0.2) is 24.3 Å². The van der Waals surface area contributed by atoms with Gasteiger partial charge in [0.2, 0.25) is 5.91 Å². The Bertz CT molecular complexity index is 698. The van der Waals surface area contributed by atoms with Gasteiger partial charge in [-0.2, -0.15) is 0 Å². The van der Waals surface area contributed by atoms with Crippen LogP contribution >= 0.6 is 0 Å². The van der Waals surface area contributed by atoms with Gasteiger partial charge in [-0.25, -0.2) is 9.69 Å². The zero-order valence-corrected chi connectivity index (χ0v) is 15.4. The van der Waals surface area contributed by atoms with Crippen LogP contribution in [0.25, 0.3) is 0 Å². The van der Waals surface area contributed by atoms with Gasteiger partial charge in [0.15, 0.2) is 6.04 Å². The SMILES string of the molecule is CCOC(=O)N1CC[NH+]([C@H]2CC(=O)N(c3ccccc3CC)C2=O)CC1. The minimum absolute atomic E-state index is 0.129. The van der Waals surface area contributed by atoms with E-state index in [-0.39, 0.29) is 30.4 Å². The molecule has 1 N–H and O–H groups in total. The summed E-state index contributed by atoms with van der Waals surface area (Å²) in [6, 6.07) is 7.20. The summed E-state index contributed by atoms with van der Waals surface area (Å²) in [5, 5.41) is 0. The quantitative estimate of drug-likeness (QED) is 0.781. The molecule has 0 bridgehead atoms. The lowest BCUT2D eigenvalue weighted by atomic mass is 10.1. The minimum Gasteiger partial charge on any atom is -0.450 e. The Kier molecular flexibility index (Phi) is 5.56. The zero-order valence-electron chi connectivity index (χ0n) is 15.4. The molecule has 2 heterocycles. The summed E-state index contributed by atoms with van der Waals surface area (Å²) in [6.07, 6.45) is 0.688. The Balaban J connectivity index is 1.69. The number of hydrogen-bond donors (Lipinski definition) is 1. The first-order chi connectivity index (χ1) is 12.6. The summed E-state index contributed by atoms with van der Waals surface area (Å²) in [6.45, 7) is 6.52. The molecule has 0 saturated carbocycles. The number of ether oxygens (including phenoxy) is 1. The number of quaternary nitrogens is 1. The standard InChI is InChI=1S/C19H25N3O4/c1-3-14-7-5-6-8-15(14)22-17(23)13-16(18(22)24)20-9-11-21(12-10-20)19(25)26-4-2/h5-8,16H,3-4,9-13H2,1-2H3/p+1/t16-/m0/s1. The van der Waals surface area contributed by atoms with E-state index in [9.17, 15) is 14.4 Å². The molecule has 7 heteroatoms. The van der Waals surface area contributed by atoms with Gasteiger partial charge in [-0.1, -0.05) is 25.1 Å². The lowest BCUT2D eigenvalue weighted by molar-refractivity contribution is -0.918. The Morgan fingerprint density at radius 3 is 2.54 bits per heavy atom. The Labute approximate surface area is 153 Å². The average molecular weight is 360 g/mol. The van der Waals surface area contributed by atoms with Crippen LogP contribution in [0, 0.1) is 0 Å². The van der Waals surface area contributed by atoms with Crippen LogP contribution in [-0.2, 0) is 20.7 Å². The maximum absolute atomic E-state index is 13.0. The molecule has 0 aliphatic carbocycles. The first-order valence-electron chi connectivity index (χ1n) is 9.27. The van der Waals surface area contributed by atoms with Crippen molar-refractivity contribution in [1.29, 1.82) is 0 Å². The van der Waals surface area contributed by atoms with Crippen LogP contribution in [0.4, 0.5) is 10.5 Å². The van der Waals surface area contributed by atoms with Gasteiger partial charge in [0.25, 0.3) is 5.91 Å². The molecular formula is C19H26N3O4+. The fourth-order valence-electron chi connectivity index (χ4n) is 3.77. The lowest BCUT2D eigenvalue weighted by Gasteiger charge is -2.33. The fraction of sp³-hybridized carbons (Fsp3) is 0.526. The van der Waals surface area contributed by atoms with Crippen molar-refractivity contribution in [1.82, 2.24) is 4.90 Å². The third-order valence-electron chi connectivity index (χ3n) is 5.18. The summed E-state index contributed by atoms with van der Waals surface area (Å²) >= 11 is 0. The van der Waals surface area contributed by atoms with E-state index in [4.69, 9.17) is 4.74 Å². The molecule has 2 aliphatic heterocycles. The molecule has 3 rings (SSSR count). The van der Waals surface area contributed by atoms with E-state index in [1.165, 1.54) is 4.90 Å². The number of carbonyl (C=O) groups excluding carboxylic acids is 3. The Morgan fingerprint density at radius 2 is 1.88 bits per heavy atom. The number of piperazine rings is 1. The monoisotopic (exact) mass is 360 g/mol. The number of aryl methyl sites for hydroxylation is 1. The van der Waals surface area contributed by atoms with Crippen LogP contribution in [0.1, 0.15) is 25.8 Å². The van der Waals surface area contributed by atoms with E-state index in [2.05, 4.69) is 0 Å². The highest BCUT2D eigenvalue weighted by Gasteiger charge is 2.47. The van der Waals surface area contributed by atoms with Crippen molar-refractivity contribution in [3.63, 3.8) is 0 Å². The zero-order chi connectivity index (χ0) is 18.7. The molecular weight excluding hydrogens is 334 g/mol. The second-order valence-electron chi connectivity index (χ2n) is 6.65. The third kappa shape index (κ3) is 3.44. The molecule has 3 amide bonds. The van der Waals surface area contributed by atoms with Gasteiger partial charge < -0.3 is 9.64 Å². The number of rotatable bonds is 4. The predicted octanol–water partition coefficient (Wildman–Crippen LogP) is 0.238. The molecule has 0 aromatic heterocycles. The number of benzene rings is 1. The van der Waals surface area contributed by atoms with Crippen LogP contribution in [-0.4, -0.2) is 61.6 Å². The van der Waals surface area contributed by atoms with E-state index < -0.39 is 0 Å². The lowest BCUT2D eigenvalue weighted by Crippen LogP contribution is -3.19. The molecule has 0 unspecified atom stereocenters. The number of anilines is 1. The summed E-state index contributed by atoms with van der Waals surface area (Å²) in [7, 11) is 0. The van der Waals surface area contributed by atoms with Crippen molar-refractivity contribution >= 4 is 23.6 Å². The summed E-state index contributed by atoms with van der Waals surface area (Å²) in [5.74, 6) is -0.267. The number of hydrogen-bond acceptors (Lipinski definition) is 4. The molecule has 2 fully saturated rings. The molecule has 0 spiro atoms. The van der Waals surface area contributed by atoms with Crippen molar-refractivity contribution in [3.8, 4) is 0 Å². The molecule has 140 valence electrons. The molecule has 2 aliphatic rings. The van der Waals surface area contributed by atoms with Crippen molar-refractivity contribution in [2.75, 3.05) is 37.7 Å². The van der Waals surface area contributed by atoms with E-state index in [0.717, 1.165) is 16.9 Å². The topological polar surface area (TPSA) is 71.4 Å². The molecule has 26 heavy (non-hydrogen) atoms. The smallest absolute Gasteiger partial charge is 0.410 e. The third-order valence-corrected chi connectivity index (χ3v) is 5.18. The minimum atomic E-state index is -0.364. The number of amides is 3. The van der Waals surface area contributed by atoms with Gasteiger partial charge in [-0.05, 0) is 25.0 Å². The Hall–Kier alpha value is -2.41. The maximum atomic E-state index is 13.0. The van der Waals surface area contributed by atoms with Crippen molar-refractivity contribution < 1.29 is 24.0 Å². The molecule has 1 aromatic rings. The summed E-state index contributed by atoms with van der Waals surface area (Å²) in [5.41, 5.74) is 1.70. The van der Waals surface area contributed by atoms with Gasteiger partial charge in [0, 0.05) is 0 Å². The van der Waals surface area contributed by atoms with Crippen molar-refractivity contribution in [3.05, 3.63) is 29.8 Å². The second kappa shape index (κ2) is 7.86. The number of para-hydroxylation sites is 1. The molecule has 2 saturated heterocycles. The molecule has 7 nitrogen and oxygen atoms in total. The normalized spacial score (nSPS) is 21.4. The van der Waals surface area contributed by atoms with Crippen LogP contribution < -0.4 is 9.80 Å². The largest absolute Gasteiger partial charge is 0.450 e. The maximum Gasteiger partial charge on any atom is 0.410 e. The number of nitrogens with one attached hydrogen (secondary N) is 1. The molecule has 0 radical (unpaired) electrons. The number of carbonyl (C=O) groups is 3. The van der Waals surface area contributed by atoms with Gasteiger partial charge in [0.1, 0.15) is 0 Å². The first kappa shape index (κ1) is 18.4. The summed E-state index contributed by atoms with van der Waals surface area (Å²) in [4.78, 5) is 41.5. The van der Waals surface area contributed by atoms with Gasteiger partial charge >= 0.3 is 6.09 Å². The van der Waals surface area contributed by atoms with E-state index >= 15 is 0 Å². The van der Waals surface area contributed by atoms with Crippen LogP contribution in [0.2, 0.25) is 0 Å². The summed E-state index contributed by atoms with van der Waals surface area (Å²) < 4.78 is 5.03. The van der Waals surface area contributed by atoms with Gasteiger partial charge in [0.05, 0.1) is 44.9 Å². The van der Waals surface area contributed by atoms with Gasteiger partial charge in [-0.15, -0.1) is 0 Å². The van der Waals surface area contributed by atoms with Crippen molar-refractivity contribution in [2.24, 2.45) is 0 Å². The number of nitrogens with zero attached hydrogens (tertiary/aromatic N) is 2. The highest BCUT2D eigenvalue weighted by molar-refractivity contribution is 6.22.